The number of hydrogen-bond donors (Lipinski definition) is 1. The summed E-state index contributed by atoms with van der Waals surface area (Å²) in [4.78, 5) is 13.1. The van der Waals surface area contributed by atoms with Crippen molar-refractivity contribution in [1.29, 1.82) is 0 Å². The SMILES string of the molecule is Cc1ccccc1CNC(=O)C(C)n1ccc2cc(S(=O)(=O)N3CCCCC3)ccc21. The van der Waals surface area contributed by atoms with E-state index in [1.807, 2.05) is 54.9 Å². The fourth-order valence-electron chi connectivity index (χ4n) is 4.16. The second-order valence-corrected chi connectivity index (χ2v) is 10.2. The van der Waals surface area contributed by atoms with E-state index in [2.05, 4.69) is 5.32 Å². The number of sulfonamides is 1. The summed E-state index contributed by atoms with van der Waals surface area (Å²) in [7, 11) is -3.48. The number of piperidine rings is 1. The molecule has 1 saturated heterocycles. The first-order chi connectivity index (χ1) is 14.9. The molecule has 1 N–H and O–H groups in total. The highest BCUT2D eigenvalue weighted by Gasteiger charge is 2.26. The summed E-state index contributed by atoms with van der Waals surface area (Å²) in [5.74, 6) is -0.0780. The van der Waals surface area contributed by atoms with Gasteiger partial charge in [0.15, 0.2) is 0 Å². The Labute approximate surface area is 183 Å². The van der Waals surface area contributed by atoms with Gasteiger partial charge in [-0.25, -0.2) is 8.42 Å². The van der Waals surface area contributed by atoms with Crippen molar-refractivity contribution < 1.29 is 13.2 Å². The molecule has 164 valence electrons. The summed E-state index contributed by atoms with van der Waals surface area (Å²) in [6, 6.07) is 14.6. The molecule has 1 amide bonds. The highest BCUT2D eigenvalue weighted by Crippen LogP contribution is 2.26. The summed E-state index contributed by atoms with van der Waals surface area (Å²) < 4.78 is 29.4. The van der Waals surface area contributed by atoms with Crippen LogP contribution in [0.4, 0.5) is 0 Å². The van der Waals surface area contributed by atoms with E-state index in [-0.39, 0.29) is 5.91 Å². The molecular weight excluding hydrogens is 410 g/mol. The Morgan fingerprint density at radius 1 is 1.06 bits per heavy atom. The minimum Gasteiger partial charge on any atom is -0.350 e. The molecule has 4 rings (SSSR count). The van der Waals surface area contributed by atoms with Crippen LogP contribution in [0.25, 0.3) is 10.9 Å². The standard InChI is InChI=1S/C24H29N3O3S/c1-18-8-4-5-9-21(18)17-25-24(28)19(2)27-15-12-20-16-22(10-11-23(20)27)31(29,30)26-13-6-3-7-14-26/h4-5,8-12,15-16,19H,3,6-7,13-14,17H2,1-2H3,(H,25,28). The Morgan fingerprint density at radius 3 is 2.55 bits per heavy atom. The fourth-order valence-corrected chi connectivity index (χ4v) is 5.71. The molecule has 0 aliphatic carbocycles. The largest absolute Gasteiger partial charge is 0.350 e. The van der Waals surface area contributed by atoms with Crippen LogP contribution in [0.2, 0.25) is 0 Å². The lowest BCUT2D eigenvalue weighted by Gasteiger charge is -2.26. The van der Waals surface area contributed by atoms with E-state index < -0.39 is 16.1 Å². The average Bonchev–Trinajstić information content (AvgIpc) is 3.21. The van der Waals surface area contributed by atoms with Crippen molar-refractivity contribution in [3.8, 4) is 0 Å². The van der Waals surface area contributed by atoms with E-state index in [9.17, 15) is 13.2 Å². The van der Waals surface area contributed by atoms with Gasteiger partial charge in [-0.1, -0.05) is 30.7 Å². The van der Waals surface area contributed by atoms with Gasteiger partial charge in [0.05, 0.1) is 4.90 Å². The number of aryl methyl sites for hydroxylation is 1. The second-order valence-electron chi connectivity index (χ2n) is 8.23. The Hall–Kier alpha value is -2.64. The average molecular weight is 440 g/mol. The summed E-state index contributed by atoms with van der Waals surface area (Å²) in [6.07, 6.45) is 4.75. The number of nitrogens with one attached hydrogen (secondary N) is 1. The summed E-state index contributed by atoms with van der Waals surface area (Å²) in [5.41, 5.74) is 3.08. The van der Waals surface area contributed by atoms with Gasteiger partial charge in [-0.15, -0.1) is 0 Å². The molecule has 31 heavy (non-hydrogen) atoms. The van der Waals surface area contributed by atoms with E-state index in [1.54, 1.807) is 22.5 Å². The smallest absolute Gasteiger partial charge is 0.243 e. The van der Waals surface area contributed by atoms with Gasteiger partial charge in [-0.05, 0) is 62.1 Å². The maximum absolute atomic E-state index is 13.0. The predicted octanol–water partition coefficient (Wildman–Crippen LogP) is 4.00. The first kappa shape index (κ1) is 21.6. The molecular formula is C24H29N3O3S. The Balaban J connectivity index is 1.52. The van der Waals surface area contributed by atoms with Crippen LogP contribution in [-0.4, -0.2) is 36.3 Å². The predicted molar refractivity (Wildman–Crippen MR) is 122 cm³/mol. The summed E-state index contributed by atoms with van der Waals surface area (Å²) >= 11 is 0. The molecule has 0 spiro atoms. The Kier molecular flexibility index (Phi) is 6.16. The normalized spacial score (nSPS) is 16.3. The highest BCUT2D eigenvalue weighted by atomic mass is 32.2. The lowest BCUT2D eigenvalue weighted by Crippen LogP contribution is -2.35. The molecule has 1 fully saturated rings. The van der Waals surface area contributed by atoms with Crippen LogP contribution in [0.5, 0.6) is 0 Å². The number of carbonyl (C=O) groups excluding carboxylic acids is 1. The van der Waals surface area contributed by atoms with Gasteiger partial charge in [0.1, 0.15) is 6.04 Å². The van der Waals surface area contributed by atoms with E-state index in [0.29, 0.717) is 24.5 Å². The molecule has 1 atom stereocenters. The molecule has 7 heteroatoms. The van der Waals surface area contributed by atoms with Gasteiger partial charge in [-0.3, -0.25) is 4.79 Å². The fraction of sp³-hybridized carbons (Fsp3) is 0.375. The van der Waals surface area contributed by atoms with Gasteiger partial charge >= 0.3 is 0 Å². The summed E-state index contributed by atoms with van der Waals surface area (Å²) in [5, 5.41) is 3.83. The van der Waals surface area contributed by atoms with E-state index in [4.69, 9.17) is 0 Å². The van der Waals surface area contributed by atoms with Crippen molar-refractivity contribution in [1.82, 2.24) is 14.2 Å². The number of benzene rings is 2. The van der Waals surface area contributed by atoms with E-state index in [0.717, 1.165) is 41.3 Å². The quantitative estimate of drug-likeness (QED) is 0.631. The number of amides is 1. The van der Waals surface area contributed by atoms with Gasteiger partial charge in [0.25, 0.3) is 0 Å². The van der Waals surface area contributed by atoms with Crippen LogP contribution in [-0.2, 0) is 21.4 Å². The summed E-state index contributed by atoms with van der Waals surface area (Å²) in [6.45, 7) is 5.52. The van der Waals surface area contributed by atoms with Crippen molar-refractivity contribution in [2.45, 2.75) is 50.6 Å². The van der Waals surface area contributed by atoms with Crippen LogP contribution in [0, 0.1) is 6.92 Å². The molecule has 1 unspecified atom stereocenters. The van der Waals surface area contributed by atoms with Gasteiger partial charge < -0.3 is 9.88 Å². The van der Waals surface area contributed by atoms with Crippen molar-refractivity contribution in [3.63, 3.8) is 0 Å². The van der Waals surface area contributed by atoms with Gasteiger partial charge in [0, 0.05) is 36.7 Å². The Bertz CT molecular complexity index is 1190. The van der Waals surface area contributed by atoms with Gasteiger partial charge in [0.2, 0.25) is 15.9 Å². The monoisotopic (exact) mass is 439 g/mol. The first-order valence-electron chi connectivity index (χ1n) is 10.8. The maximum Gasteiger partial charge on any atom is 0.243 e. The second kappa shape index (κ2) is 8.85. The zero-order chi connectivity index (χ0) is 22.0. The highest BCUT2D eigenvalue weighted by molar-refractivity contribution is 7.89. The number of hydrogen-bond acceptors (Lipinski definition) is 3. The number of aromatic nitrogens is 1. The zero-order valence-electron chi connectivity index (χ0n) is 18.0. The third kappa shape index (κ3) is 4.38. The minimum absolute atomic E-state index is 0.0780. The van der Waals surface area contributed by atoms with Crippen LogP contribution < -0.4 is 5.32 Å². The van der Waals surface area contributed by atoms with Crippen molar-refractivity contribution in [3.05, 3.63) is 65.9 Å². The molecule has 1 aliphatic rings. The first-order valence-corrected chi connectivity index (χ1v) is 12.2. The molecule has 2 heterocycles. The molecule has 0 saturated carbocycles. The van der Waals surface area contributed by atoms with Crippen molar-refractivity contribution in [2.75, 3.05) is 13.1 Å². The molecule has 3 aromatic rings. The van der Waals surface area contributed by atoms with Crippen LogP contribution in [0.1, 0.15) is 43.4 Å². The van der Waals surface area contributed by atoms with Crippen LogP contribution in [0.15, 0.2) is 59.6 Å². The molecule has 0 radical (unpaired) electrons. The number of rotatable bonds is 6. The third-order valence-corrected chi connectivity index (χ3v) is 8.05. The number of fused-ring (bicyclic) bond motifs is 1. The number of nitrogens with zero attached hydrogens (tertiary/aromatic N) is 2. The molecule has 1 aromatic heterocycles. The van der Waals surface area contributed by atoms with Crippen molar-refractivity contribution >= 4 is 26.8 Å². The van der Waals surface area contributed by atoms with Gasteiger partial charge in [-0.2, -0.15) is 4.31 Å². The Morgan fingerprint density at radius 2 is 1.81 bits per heavy atom. The van der Waals surface area contributed by atoms with Crippen LogP contribution >= 0.6 is 0 Å². The third-order valence-electron chi connectivity index (χ3n) is 6.16. The lowest BCUT2D eigenvalue weighted by molar-refractivity contribution is -0.123. The topological polar surface area (TPSA) is 71.4 Å². The molecule has 6 nitrogen and oxygen atoms in total. The zero-order valence-corrected chi connectivity index (χ0v) is 18.9. The van der Waals surface area contributed by atoms with Crippen molar-refractivity contribution in [2.24, 2.45) is 0 Å². The van der Waals surface area contributed by atoms with E-state index in [1.165, 1.54) is 0 Å². The number of carbonyl (C=O) groups is 1. The van der Waals surface area contributed by atoms with E-state index >= 15 is 0 Å². The maximum atomic E-state index is 13.0. The van der Waals surface area contributed by atoms with Crippen LogP contribution in [0.3, 0.4) is 0 Å². The lowest BCUT2D eigenvalue weighted by atomic mass is 10.1. The minimum atomic E-state index is -3.48. The molecule has 1 aliphatic heterocycles. The molecule has 2 aromatic carbocycles. The molecule has 0 bridgehead atoms.